The number of hydrogen-bond acceptors (Lipinski definition) is 10. The van der Waals surface area contributed by atoms with Crippen molar-refractivity contribution < 1.29 is 36.2 Å². The maximum Gasteiger partial charge on any atom is 0.417 e. The van der Waals surface area contributed by atoms with E-state index < -0.39 is 57.5 Å². The molecule has 4 heterocycles. The molecule has 5 rings (SSSR count). The molecule has 15 heteroatoms. The van der Waals surface area contributed by atoms with Crippen LogP contribution in [0.5, 0.6) is 11.9 Å². The van der Waals surface area contributed by atoms with Crippen LogP contribution in [0, 0.1) is 24.0 Å². The topological polar surface area (TPSA) is 120 Å². The fourth-order valence-electron chi connectivity index (χ4n) is 5.93. The number of nitrogens with one attached hydrogen (secondary N) is 1. The maximum absolute atomic E-state index is 16.6. The first-order valence-electron chi connectivity index (χ1n) is 14.6. The summed E-state index contributed by atoms with van der Waals surface area (Å²) in [5, 5.41) is 3.05. The highest BCUT2D eigenvalue weighted by atomic mass is 19.4. The molecule has 2 fully saturated rings. The van der Waals surface area contributed by atoms with Crippen molar-refractivity contribution in [3.05, 3.63) is 28.8 Å². The van der Waals surface area contributed by atoms with Gasteiger partial charge in [-0.1, -0.05) is 6.92 Å². The van der Waals surface area contributed by atoms with Crippen LogP contribution in [-0.2, 0) is 10.9 Å². The lowest BCUT2D eigenvalue weighted by molar-refractivity contribution is -0.137. The second-order valence-electron chi connectivity index (χ2n) is 11.6. The molecule has 2 aliphatic rings. The van der Waals surface area contributed by atoms with E-state index in [1.54, 1.807) is 6.92 Å². The second-order valence-corrected chi connectivity index (χ2v) is 11.6. The lowest BCUT2D eigenvalue weighted by atomic mass is 9.84. The van der Waals surface area contributed by atoms with E-state index in [4.69, 9.17) is 19.9 Å². The van der Waals surface area contributed by atoms with Crippen LogP contribution in [0.3, 0.4) is 0 Å². The number of nitrogens with zero attached hydrogens (tertiary/aromatic N) is 5. The van der Waals surface area contributed by atoms with Gasteiger partial charge >= 0.3 is 12.2 Å². The molecule has 3 atom stereocenters. The van der Waals surface area contributed by atoms with E-state index in [1.165, 1.54) is 0 Å². The van der Waals surface area contributed by atoms with Crippen LogP contribution < -0.4 is 20.5 Å². The Balaban J connectivity index is 1.73. The van der Waals surface area contributed by atoms with E-state index >= 15 is 4.39 Å². The van der Waals surface area contributed by atoms with Gasteiger partial charge in [0, 0.05) is 23.6 Å². The quantitative estimate of drug-likeness (QED) is 0.125. The number of nitrogen functional groups attached to an aromatic ring is 1. The van der Waals surface area contributed by atoms with Crippen LogP contribution in [0.15, 0.2) is 11.1 Å². The minimum absolute atomic E-state index is 0.00540. The Bertz CT molecular complexity index is 1610. The van der Waals surface area contributed by atoms with Crippen molar-refractivity contribution in [1.29, 1.82) is 0 Å². The molecule has 2 saturated heterocycles. The molecule has 2 aliphatic heterocycles. The summed E-state index contributed by atoms with van der Waals surface area (Å²) in [7, 11) is 2.01. The molecule has 0 bridgehead atoms. The van der Waals surface area contributed by atoms with Gasteiger partial charge in [0.15, 0.2) is 5.82 Å². The van der Waals surface area contributed by atoms with Gasteiger partial charge in [-0.3, -0.25) is 4.99 Å². The highest BCUT2D eigenvalue weighted by Crippen LogP contribution is 2.45. The van der Waals surface area contributed by atoms with Gasteiger partial charge in [0.05, 0.1) is 37.1 Å². The third-order valence-corrected chi connectivity index (χ3v) is 8.60. The Labute approximate surface area is 257 Å². The molecule has 10 nitrogen and oxygen atoms in total. The Kier molecular flexibility index (Phi) is 9.04. The molecule has 3 aromatic rings. The zero-order valence-electron chi connectivity index (χ0n) is 25.5. The highest BCUT2D eigenvalue weighted by molar-refractivity contribution is 5.96. The van der Waals surface area contributed by atoms with Crippen LogP contribution in [0.25, 0.3) is 22.2 Å². The summed E-state index contributed by atoms with van der Waals surface area (Å²) >= 11 is 0. The summed E-state index contributed by atoms with van der Waals surface area (Å²) in [6, 6.07) is 0.631. The van der Waals surface area contributed by atoms with Gasteiger partial charge < -0.3 is 30.2 Å². The Morgan fingerprint density at radius 1 is 1.27 bits per heavy atom. The molecule has 0 spiro atoms. The van der Waals surface area contributed by atoms with E-state index in [-0.39, 0.29) is 54.2 Å². The van der Waals surface area contributed by atoms with Gasteiger partial charge in [-0.15, -0.1) is 0 Å². The number of pyridine rings is 1. The number of anilines is 2. The summed E-state index contributed by atoms with van der Waals surface area (Å²) in [5.41, 5.74) is 0.704. The number of aromatic nitrogens is 3. The summed E-state index contributed by atoms with van der Waals surface area (Å²) in [6.45, 7) is 10.5. The summed E-state index contributed by atoms with van der Waals surface area (Å²) in [5.74, 6) is -2.60. The Morgan fingerprint density at radius 3 is 2.71 bits per heavy atom. The molecule has 3 unspecified atom stereocenters. The number of ether oxygens (including phenoxy) is 3. The molecule has 244 valence electrons. The number of benzene rings is 1. The van der Waals surface area contributed by atoms with Crippen LogP contribution in [-0.4, -0.2) is 85.2 Å². The van der Waals surface area contributed by atoms with Gasteiger partial charge in [0.2, 0.25) is 5.88 Å². The molecule has 3 N–H and O–H groups in total. The fourth-order valence-corrected chi connectivity index (χ4v) is 5.93. The summed E-state index contributed by atoms with van der Waals surface area (Å²) < 4.78 is 92.0. The normalized spacial score (nSPS) is 20.8. The minimum atomic E-state index is -5.06. The maximum atomic E-state index is 16.6. The predicted molar refractivity (Wildman–Crippen MR) is 160 cm³/mol. The van der Waals surface area contributed by atoms with E-state index in [0.717, 1.165) is 26.0 Å². The van der Waals surface area contributed by atoms with Crippen molar-refractivity contribution in [3.8, 4) is 23.1 Å². The van der Waals surface area contributed by atoms with Crippen molar-refractivity contribution in [1.82, 2.24) is 19.9 Å². The third-order valence-electron chi connectivity index (χ3n) is 8.60. The van der Waals surface area contributed by atoms with Gasteiger partial charge in [-0.25, -0.2) is 13.8 Å². The number of likely N-dealkylation sites (tertiary alicyclic amines) is 1. The monoisotopic (exact) mass is 637 g/mol. The first-order chi connectivity index (χ1) is 21.3. The highest BCUT2D eigenvalue weighted by Gasteiger charge is 2.51. The Morgan fingerprint density at radius 2 is 2.02 bits per heavy atom. The molecule has 0 aliphatic carbocycles. The first kappa shape index (κ1) is 32.5. The smallest absolute Gasteiger partial charge is 0.417 e. The number of likely N-dealkylation sites (N-methyl/N-ethyl adjacent to an activating group) is 1. The molecule has 1 aromatic carbocycles. The standard InChI is InChI=1S/C30H36F5N7O3/c1-6-15(2)45-27-20-25(23(32)24(39-27)17-11-18(36)22(31)16(3)21(17)30(33,34)35)40-28(41-26(20)38-9-8-37-4)44-14-29-7-10-42(5)19(29)12-43-13-29/h11,15,19H,4,6-10,12-14,36H2,1-3,5H3,(H,38,40,41). The van der Waals surface area contributed by atoms with E-state index in [9.17, 15) is 17.6 Å². The lowest BCUT2D eigenvalue weighted by Gasteiger charge is -2.28. The van der Waals surface area contributed by atoms with Crippen molar-refractivity contribution in [2.75, 3.05) is 57.6 Å². The minimum Gasteiger partial charge on any atom is -0.474 e. The number of alkyl halides is 3. The van der Waals surface area contributed by atoms with Crippen molar-refractivity contribution >= 4 is 29.1 Å². The molecule has 0 saturated carbocycles. The zero-order valence-corrected chi connectivity index (χ0v) is 25.5. The summed E-state index contributed by atoms with van der Waals surface area (Å²) in [4.78, 5) is 19.1. The molecule has 0 radical (unpaired) electrons. The average Bonchev–Trinajstić information content (AvgIpc) is 3.55. The van der Waals surface area contributed by atoms with Gasteiger partial charge in [0.1, 0.15) is 34.8 Å². The predicted octanol–water partition coefficient (Wildman–Crippen LogP) is 5.27. The average molecular weight is 638 g/mol. The van der Waals surface area contributed by atoms with Crippen LogP contribution >= 0.6 is 0 Å². The molecular weight excluding hydrogens is 601 g/mol. The van der Waals surface area contributed by atoms with Crippen molar-refractivity contribution in [2.24, 2.45) is 10.4 Å². The number of hydrogen-bond donors (Lipinski definition) is 2. The van der Waals surface area contributed by atoms with Crippen LogP contribution in [0.2, 0.25) is 0 Å². The van der Waals surface area contributed by atoms with Gasteiger partial charge in [-0.05, 0) is 58.6 Å². The van der Waals surface area contributed by atoms with Crippen molar-refractivity contribution in [2.45, 2.75) is 51.9 Å². The number of halogens is 5. The lowest BCUT2D eigenvalue weighted by Crippen LogP contribution is -2.40. The number of rotatable bonds is 11. The van der Waals surface area contributed by atoms with Gasteiger partial charge in [-0.2, -0.15) is 23.1 Å². The first-order valence-corrected chi connectivity index (χ1v) is 14.6. The number of fused-ring (bicyclic) bond motifs is 2. The molecule has 45 heavy (non-hydrogen) atoms. The van der Waals surface area contributed by atoms with Gasteiger partial charge in [0.25, 0.3) is 0 Å². The zero-order chi connectivity index (χ0) is 32.7. The van der Waals surface area contributed by atoms with Crippen LogP contribution in [0.4, 0.5) is 33.5 Å². The SMILES string of the molecule is C=NCCNc1nc(OCC23CCN(C)C2COC3)nc2c(F)c(-c3cc(N)c(F)c(C)c3C(F)(F)F)nc(OC(C)CC)c12. The molecule has 2 aromatic heterocycles. The number of aliphatic imine (C=N–C) groups is 1. The number of nitrogens with two attached hydrogens (primary N) is 1. The van der Waals surface area contributed by atoms with E-state index in [1.807, 2.05) is 14.0 Å². The van der Waals surface area contributed by atoms with Crippen molar-refractivity contribution in [3.63, 3.8) is 0 Å². The van der Waals surface area contributed by atoms with E-state index in [0.29, 0.717) is 19.6 Å². The largest absolute Gasteiger partial charge is 0.474 e. The van der Waals surface area contributed by atoms with E-state index in [2.05, 4.69) is 36.9 Å². The third kappa shape index (κ3) is 6.07. The van der Waals surface area contributed by atoms with Crippen LogP contribution in [0.1, 0.15) is 37.8 Å². The Hall–Kier alpha value is -3.85. The fraction of sp³-hybridized carbons (Fsp3) is 0.533. The molecule has 0 amide bonds. The molecular formula is C30H36F5N7O3. The second kappa shape index (κ2) is 12.5. The summed E-state index contributed by atoms with van der Waals surface area (Å²) in [6.07, 6.45) is -4.24.